The Hall–Kier alpha value is -2.70. The minimum absolute atomic E-state index is 0.0145. The molecule has 1 aliphatic heterocycles. The minimum atomic E-state index is -0.560. The number of aromatic nitrogens is 4. The molecule has 0 spiro atoms. The van der Waals surface area contributed by atoms with Crippen LogP contribution in [0, 0.1) is 0 Å². The molecule has 0 saturated carbocycles. The maximum atomic E-state index is 12.0. The van der Waals surface area contributed by atoms with Gasteiger partial charge in [-0.3, -0.25) is 9.48 Å². The number of amides is 1. The number of anilines is 1. The molecule has 1 amide bonds. The van der Waals surface area contributed by atoms with Gasteiger partial charge >= 0.3 is 0 Å². The van der Waals surface area contributed by atoms with E-state index in [4.69, 9.17) is 4.42 Å². The van der Waals surface area contributed by atoms with Gasteiger partial charge < -0.3 is 9.73 Å². The van der Waals surface area contributed by atoms with Crippen molar-refractivity contribution in [3.8, 4) is 11.6 Å². The van der Waals surface area contributed by atoms with E-state index in [9.17, 15) is 4.79 Å². The van der Waals surface area contributed by atoms with Crippen molar-refractivity contribution in [1.82, 2.24) is 20.0 Å². The van der Waals surface area contributed by atoms with Gasteiger partial charge in [0.15, 0.2) is 11.3 Å². The van der Waals surface area contributed by atoms with E-state index in [0.29, 0.717) is 22.7 Å². The molecular weight excluding hydrogens is 270 g/mol. The number of rotatable bonds is 1. The number of carbonyl (C=O) groups is 1. The molecule has 0 atom stereocenters. The molecule has 4 rings (SSSR count). The Bertz CT molecular complexity index is 890. The second-order valence-corrected chi connectivity index (χ2v) is 5.74. The molecule has 7 heteroatoms. The first kappa shape index (κ1) is 12.1. The van der Waals surface area contributed by atoms with E-state index in [0.717, 1.165) is 11.3 Å². The molecule has 3 aromatic rings. The van der Waals surface area contributed by atoms with Crippen LogP contribution in [0.3, 0.4) is 0 Å². The van der Waals surface area contributed by atoms with Crippen LogP contribution in [0.1, 0.15) is 19.4 Å². The molecule has 1 N–H and O–H groups in total. The monoisotopic (exact) mass is 283 g/mol. The first-order valence-electron chi connectivity index (χ1n) is 6.58. The number of aryl methyl sites for hydroxylation is 1. The third kappa shape index (κ3) is 1.60. The highest BCUT2D eigenvalue weighted by Gasteiger charge is 2.39. The first-order valence-corrected chi connectivity index (χ1v) is 6.58. The van der Waals surface area contributed by atoms with Crippen molar-refractivity contribution >= 4 is 22.7 Å². The second kappa shape index (κ2) is 3.69. The van der Waals surface area contributed by atoms with Gasteiger partial charge in [-0.1, -0.05) is 5.21 Å². The lowest BCUT2D eigenvalue weighted by atomic mass is 9.86. The summed E-state index contributed by atoms with van der Waals surface area (Å²) in [5, 5.41) is 10.7. The van der Waals surface area contributed by atoms with Crippen LogP contribution in [-0.4, -0.2) is 25.9 Å². The Morgan fingerprint density at radius 3 is 2.86 bits per heavy atom. The highest BCUT2D eigenvalue weighted by atomic mass is 16.3. The number of fused-ring (bicyclic) bond motifs is 2. The quantitative estimate of drug-likeness (QED) is 0.736. The van der Waals surface area contributed by atoms with Gasteiger partial charge in [-0.05, 0) is 25.5 Å². The van der Waals surface area contributed by atoms with Crippen molar-refractivity contribution in [2.24, 2.45) is 7.05 Å². The van der Waals surface area contributed by atoms with Crippen molar-refractivity contribution in [2.45, 2.75) is 19.3 Å². The molecule has 106 valence electrons. The number of carbonyl (C=O) groups excluding carboxylic acids is 1. The molecule has 0 radical (unpaired) electrons. The summed E-state index contributed by atoms with van der Waals surface area (Å²) in [7, 11) is 1.78. The van der Waals surface area contributed by atoms with Crippen molar-refractivity contribution in [2.75, 3.05) is 5.32 Å². The molecule has 0 fully saturated rings. The lowest BCUT2D eigenvalue weighted by Gasteiger charge is -2.14. The number of nitrogens with zero attached hydrogens (tertiary/aromatic N) is 4. The van der Waals surface area contributed by atoms with Crippen LogP contribution in [0.4, 0.5) is 5.69 Å². The van der Waals surface area contributed by atoms with Gasteiger partial charge in [-0.2, -0.15) is 0 Å². The number of nitrogens with one attached hydrogen (secondary N) is 1. The van der Waals surface area contributed by atoms with Crippen LogP contribution in [0.2, 0.25) is 0 Å². The van der Waals surface area contributed by atoms with Crippen LogP contribution >= 0.6 is 0 Å². The number of oxazole rings is 1. The summed E-state index contributed by atoms with van der Waals surface area (Å²) in [5.74, 6) is 0.408. The van der Waals surface area contributed by atoms with E-state index < -0.39 is 5.41 Å². The maximum absolute atomic E-state index is 12.0. The summed E-state index contributed by atoms with van der Waals surface area (Å²) in [6.45, 7) is 3.79. The van der Waals surface area contributed by atoms with Crippen LogP contribution in [0.15, 0.2) is 22.7 Å². The SMILES string of the molecule is Cn1cc(-c2nc3cc4c(cc3o2)NC(=O)C4(C)C)nn1. The lowest BCUT2D eigenvalue weighted by Crippen LogP contribution is -2.26. The van der Waals surface area contributed by atoms with Gasteiger partial charge in [0.05, 0.1) is 11.6 Å². The highest BCUT2D eigenvalue weighted by Crippen LogP contribution is 2.40. The van der Waals surface area contributed by atoms with Crippen LogP contribution in [-0.2, 0) is 17.3 Å². The zero-order chi connectivity index (χ0) is 14.8. The topological polar surface area (TPSA) is 85.8 Å². The summed E-state index contributed by atoms with van der Waals surface area (Å²) >= 11 is 0. The van der Waals surface area contributed by atoms with Crippen molar-refractivity contribution in [1.29, 1.82) is 0 Å². The van der Waals surface area contributed by atoms with Gasteiger partial charge in [-0.25, -0.2) is 4.98 Å². The van der Waals surface area contributed by atoms with Crippen molar-refractivity contribution in [3.05, 3.63) is 23.9 Å². The molecule has 0 saturated heterocycles. The zero-order valence-electron chi connectivity index (χ0n) is 11.8. The molecule has 3 heterocycles. The van der Waals surface area contributed by atoms with E-state index in [1.54, 1.807) is 17.9 Å². The zero-order valence-corrected chi connectivity index (χ0v) is 11.8. The van der Waals surface area contributed by atoms with Gasteiger partial charge in [0.25, 0.3) is 0 Å². The Balaban J connectivity index is 1.90. The van der Waals surface area contributed by atoms with E-state index in [1.165, 1.54) is 0 Å². The first-order chi connectivity index (χ1) is 9.95. The predicted molar refractivity (Wildman–Crippen MR) is 75.7 cm³/mol. The second-order valence-electron chi connectivity index (χ2n) is 5.74. The van der Waals surface area contributed by atoms with Gasteiger partial charge in [0.1, 0.15) is 5.52 Å². The average Bonchev–Trinajstić information content (AvgIpc) is 3.07. The summed E-state index contributed by atoms with van der Waals surface area (Å²) < 4.78 is 7.31. The average molecular weight is 283 g/mol. The third-order valence-corrected chi connectivity index (χ3v) is 3.84. The fourth-order valence-corrected chi connectivity index (χ4v) is 2.55. The minimum Gasteiger partial charge on any atom is -0.435 e. The lowest BCUT2D eigenvalue weighted by molar-refractivity contribution is -0.119. The van der Waals surface area contributed by atoms with E-state index in [-0.39, 0.29) is 5.91 Å². The predicted octanol–water partition coefficient (Wildman–Crippen LogP) is 1.85. The molecule has 0 aliphatic carbocycles. The summed E-state index contributed by atoms with van der Waals surface area (Å²) in [6, 6.07) is 3.70. The largest absolute Gasteiger partial charge is 0.435 e. The Morgan fingerprint density at radius 1 is 1.33 bits per heavy atom. The van der Waals surface area contributed by atoms with E-state index >= 15 is 0 Å². The molecule has 0 bridgehead atoms. The smallest absolute Gasteiger partial charge is 0.249 e. The Kier molecular flexibility index (Phi) is 2.12. The van der Waals surface area contributed by atoms with Crippen molar-refractivity contribution < 1.29 is 9.21 Å². The van der Waals surface area contributed by atoms with Crippen LogP contribution in [0.5, 0.6) is 0 Å². The van der Waals surface area contributed by atoms with E-state index in [2.05, 4.69) is 20.6 Å². The van der Waals surface area contributed by atoms with Gasteiger partial charge in [0, 0.05) is 18.8 Å². The van der Waals surface area contributed by atoms with Crippen LogP contribution < -0.4 is 5.32 Å². The molecule has 21 heavy (non-hydrogen) atoms. The third-order valence-electron chi connectivity index (χ3n) is 3.84. The molecule has 1 aromatic carbocycles. The summed E-state index contributed by atoms with van der Waals surface area (Å²) in [5.41, 5.74) is 3.05. The van der Waals surface area contributed by atoms with Crippen LogP contribution in [0.25, 0.3) is 22.7 Å². The number of hydrogen-bond acceptors (Lipinski definition) is 5. The summed E-state index contributed by atoms with van der Waals surface area (Å²) in [4.78, 5) is 16.4. The Morgan fingerprint density at radius 2 is 2.14 bits per heavy atom. The number of benzene rings is 1. The highest BCUT2D eigenvalue weighted by molar-refractivity contribution is 6.07. The fraction of sp³-hybridized carbons (Fsp3) is 0.286. The molecule has 2 aromatic heterocycles. The van der Waals surface area contributed by atoms with Gasteiger partial charge in [-0.15, -0.1) is 5.10 Å². The van der Waals surface area contributed by atoms with Gasteiger partial charge in [0.2, 0.25) is 11.8 Å². The maximum Gasteiger partial charge on any atom is 0.249 e. The van der Waals surface area contributed by atoms with E-state index in [1.807, 2.05) is 26.0 Å². The Labute approximate surface area is 120 Å². The van der Waals surface area contributed by atoms with Crippen molar-refractivity contribution in [3.63, 3.8) is 0 Å². The molecule has 0 unspecified atom stereocenters. The molecular formula is C14H13N5O2. The number of hydrogen-bond donors (Lipinski definition) is 1. The fourth-order valence-electron chi connectivity index (χ4n) is 2.55. The standard InChI is InChI=1S/C14H13N5O2/c1-14(2)7-4-9-11(5-8(7)16-13(14)20)21-12(15-9)10-6-19(3)18-17-10/h4-6H,1-3H3,(H,16,20). The normalized spacial score (nSPS) is 16.2. The summed E-state index contributed by atoms with van der Waals surface area (Å²) in [6.07, 6.45) is 1.74. The molecule has 1 aliphatic rings. The molecule has 7 nitrogen and oxygen atoms in total.